The molecule has 1 saturated heterocycles. The number of aliphatic hydroxyl groups excluding tert-OH is 2. The zero-order valence-corrected chi connectivity index (χ0v) is 12.1. The van der Waals surface area contributed by atoms with Gasteiger partial charge in [-0.05, 0) is 6.92 Å². The topological polar surface area (TPSA) is 155 Å². The summed E-state index contributed by atoms with van der Waals surface area (Å²) >= 11 is 0. The minimum absolute atomic E-state index is 0.262. The number of imidazole rings is 1. The molecule has 0 radical (unpaired) electrons. The molecule has 23 heavy (non-hydrogen) atoms. The predicted molar refractivity (Wildman–Crippen MR) is 75.8 cm³/mol. The van der Waals surface area contributed by atoms with E-state index in [2.05, 4.69) is 25.8 Å². The molecule has 124 valence electrons. The average molecular weight is 324 g/mol. The van der Waals surface area contributed by atoms with E-state index in [-0.39, 0.29) is 5.82 Å². The van der Waals surface area contributed by atoms with Crippen LogP contribution in [0.5, 0.6) is 0 Å². The Bertz CT molecular complexity index is 719. The summed E-state index contributed by atoms with van der Waals surface area (Å²) in [4.78, 5) is 22.6. The van der Waals surface area contributed by atoms with Crippen molar-refractivity contribution in [3.8, 4) is 0 Å². The first-order valence-electron chi connectivity index (χ1n) is 6.80. The maximum atomic E-state index is 10.5. The quantitative estimate of drug-likeness (QED) is 0.307. The van der Waals surface area contributed by atoms with Crippen molar-refractivity contribution in [2.75, 3.05) is 12.0 Å². The molecule has 0 aromatic carbocycles. The molecule has 1 amide bonds. The minimum atomic E-state index is -1.65. The number of aliphatic hydroxyl groups is 3. The third kappa shape index (κ3) is 2.39. The summed E-state index contributed by atoms with van der Waals surface area (Å²) in [6.45, 7) is 0.962. The van der Waals surface area contributed by atoms with Crippen LogP contribution < -0.4 is 10.9 Å². The third-order valence-corrected chi connectivity index (χ3v) is 3.80. The van der Waals surface area contributed by atoms with E-state index in [0.29, 0.717) is 17.6 Å². The number of nitrogens with one attached hydrogen (secondary N) is 2. The summed E-state index contributed by atoms with van der Waals surface area (Å²) in [6.07, 6.45) is -0.135. The molecule has 3 rings (SSSR count). The molecular formula is C12H16N6O5. The van der Waals surface area contributed by atoms with Gasteiger partial charge in [-0.3, -0.25) is 20.2 Å². The summed E-state index contributed by atoms with van der Waals surface area (Å²) in [5.74, 6) is 0.262. The van der Waals surface area contributed by atoms with Crippen LogP contribution in [0, 0.1) is 0 Å². The number of aromatic nitrogens is 4. The highest BCUT2D eigenvalue weighted by Crippen LogP contribution is 2.39. The molecule has 5 N–H and O–H groups in total. The molecule has 1 fully saturated rings. The van der Waals surface area contributed by atoms with Gasteiger partial charge in [0.2, 0.25) is 6.41 Å². The van der Waals surface area contributed by atoms with Gasteiger partial charge in [-0.2, -0.15) is 0 Å². The zero-order chi connectivity index (χ0) is 16.6. The first kappa shape index (κ1) is 15.6. The van der Waals surface area contributed by atoms with E-state index in [1.54, 1.807) is 0 Å². The van der Waals surface area contributed by atoms with E-state index in [1.165, 1.54) is 24.1 Å². The number of fused-ring (bicyclic) bond motifs is 1. The van der Waals surface area contributed by atoms with Gasteiger partial charge in [-0.15, -0.1) is 0 Å². The highest BCUT2D eigenvalue weighted by atomic mass is 16.6. The maximum absolute atomic E-state index is 10.5. The van der Waals surface area contributed by atoms with Crippen molar-refractivity contribution < 1.29 is 24.9 Å². The van der Waals surface area contributed by atoms with E-state index in [1.807, 2.05) is 0 Å². The fourth-order valence-electron chi connectivity index (χ4n) is 2.60. The van der Waals surface area contributed by atoms with E-state index in [4.69, 9.17) is 4.74 Å². The maximum Gasteiger partial charge on any atom is 0.225 e. The van der Waals surface area contributed by atoms with Gasteiger partial charge in [0.15, 0.2) is 23.2 Å². The van der Waals surface area contributed by atoms with Crippen molar-refractivity contribution in [2.45, 2.75) is 31.0 Å². The number of nitrogens with zero attached hydrogens (tertiary/aromatic N) is 4. The van der Waals surface area contributed by atoms with Gasteiger partial charge in [-0.25, -0.2) is 15.0 Å². The van der Waals surface area contributed by atoms with Crippen LogP contribution in [-0.4, -0.2) is 65.7 Å². The summed E-state index contributed by atoms with van der Waals surface area (Å²) in [6, 6.07) is 0. The molecule has 4 atom stereocenters. The second-order valence-electron chi connectivity index (χ2n) is 5.31. The number of hydrazine groups is 1. The lowest BCUT2D eigenvalue weighted by Crippen LogP contribution is -2.44. The summed E-state index contributed by atoms with van der Waals surface area (Å²) in [5, 5.41) is 29.8. The monoisotopic (exact) mass is 324 g/mol. The van der Waals surface area contributed by atoms with E-state index in [0.717, 1.165) is 0 Å². The molecule has 0 spiro atoms. The number of hydrogen-bond donors (Lipinski definition) is 5. The fourth-order valence-corrected chi connectivity index (χ4v) is 2.60. The summed E-state index contributed by atoms with van der Waals surface area (Å²) < 4.78 is 6.96. The molecule has 11 heteroatoms. The second kappa shape index (κ2) is 5.70. The summed E-state index contributed by atoms with van der Waals surface area (Å²) in [7, 11) is 0. The predicted octanol–water partition coefficient (Wildman–Crippen LogP) is -2.10. The molecule has 0 saturated carbocycles. The third-order valence-electron chi connectivity index (χ3n) is 3.80. The molecule has 1 aliphatic heterocycles. The van der Waals surface area contributed by atoms with Crippen molar-refractivity contribution in [1.82, 2.24) is 24.9 Å². The largest absolute Gasteiger partial charge is 0.394 e. The SMILES string of the molecule is C[C@@]1(O)[C@H](O)[C@@H](CO)O[C@H]1n1cnc2c(NNC=O)ncnc21. The molecule has 0 unspecified atom stereocenters. The minimum Gasteiger partial charge on any atom is -0.394 e. The average Bonchev–Trinajstić information content (AvgIpc) is 3.06. The Kier molecular flexibility index (Phi) is 3.85. The highest BCUT2D eigenvalue weighted by Gasteiger charge is 2.53. The Morgan fingerprint density at radius 1 is 1.48 bits per heavy atom. The summed E-state index contributed by atoms with van der Waals surface area (Å²) in [5.41, 5.74) is 3.81. The van der Waals surface area contributed by atoms with Gasteiger partial charge in [0.25, 0.3) is 0 Å². The normalized spacial score (nSPS) is 30.5. The number of carbonyl (C=O) groups excluding carboxylic acids is 1. The van der Waals surface area contributed by atoms with Crippen molar-refractivity contribution in [3.05, 3.63) is 12.7 Å². The Labute approximate surface area is 129 Å². The standard InChI is InChI=1S/C12H16N6O5/c1-12(22)8(21)6(2-19)23-11(12)18-4-15-7-9(17-16-5-20)13-3-14-10(7)18/h3-6,8,11,19,21-22H,2H2,1H3,(H,16,20)(H,13,14,17)/t6-,8-,11-,12-/m1/s1. The van der Waals surface area contributed by atoms with Crippen LogP contribution in [0.4, 0.5) is 5.82 Å². The molecule has 0 aliphatic carbocycles. The Hall–Kier alpha value is -2.34. The van der Waals surface area contributed by atoms with Crippen LogP contribution in [0.3, 0.4) is 0 Å². The first-order valence-corrected chi connectivity index (χ1v) is 6.80. The number of hydrogen-bond acceptors (Lipinski definition) is 9. The number of anilines is 1. The van der Waals surface area contributed by atoms with Gasteiger partial charge in [0.05, 0.1) is 12.9 Å². The lowest BCUT2D eigenvalue weighted by atomic mass is 9.96. The smallest absolute Gasteiger partial charge is 0.225 e. The van der Waals surface area contributed by atoms with Gasteiger partial charge in [0.1, 0.15) is 24.1 Å². The lowest BCUT2D eigenvalue weighted by Gasteiger charge is -2.27. The number of carbonyl (C=O) groups is 1. The van der Waals surface area contributed by atoms with E-state index >= 15 is 0 Å². The number of ether oxygens (including phenoxy) is 1. The van der Waals surface area contributed by atoms with E-state index < -0.39 is 30.6 Å². The van der Waals surface area contributed by atoms with Crippen molar-refractivity contribution in [2.24, 2.45) is 0 Å². The van der Waals surface area contributed by atoms with Crippen LogP contribution in [0.15, 0.2) is 12.7 Å². The second-order valence-corrected chi connectivity index (χ2v) is 5.31. The van der Waals surface area contributed by atoms with Gasteiger partial charge < -0.3 is 20.1 Å². The Morgan fingerprint density at radius 3 is 2.91 bits per heavy atom. The van der Waals surface area contributed by atoms with Crippen LogP contribution in [0.25, 0.3) is 11.2 Å². The zero-order valence-electron chi connectivity index (χ0n) is 12.1. The molecule has 2 aromatic heterocycles. The van der Waals surface area contributed by atoms with Crippen LogP contribution in [0.1, 0.15) is 13.2 Å². The lowest BCUT2D eigenvalue weighted by molar-refractivity contribution is -0.109. The molecular weight excluding hydrogens is 308 g/mol. The molecule has 3 heterocycles. The van der Waals surface area contributed by atoms with Crippen LogP contribution >= 0.6 is 0 Å². The molecule has 1 aliphatic rings. The van der Waals surface area contributed by atoms with Gasteiger partial charge in [-0.1, -0.05) is 0 Å². The van der Waals surface area contributed by atoms with E-state index in [9.17, 15) is 20.1 Å². The Balaban J connectivity index is 2.02. The van der Waals surface area contributed by atoms with Gasteiger partial charge in [0, 0.05) is 0 Å². The highest BCUT2D eigenvalue weighted by molar-refractivity contribution is 5.83. The van der Waals surface area contributed by atoms with Crippen molar-refractivity contribution in [3.63, 3.8) is 0 Å². The Morgan fingerprint density at radius 2 is 2.26 bits per heavy atom. The fraction of sp³-hybridized carbons (Fsp3) is 0.500. The van der Waals surface area contributed by atoms with Crippen LogP contribution in [0.2, 0.25) is 0 Å². The number of rotatable bonds is 5. The van der Waals surface area contributed by atoms with Crippen molar-refractivity contribution >= 4 is 23.4 Å². The molecule has 2 aromatic rings. The molecule has 0 bridgehead atoms. The van der Waals surface area contributed by atoms with Gasteiger partial charge >= 0.3 is 0 Å². The van der Waals surface area contributed by atoms with Crippen LogP contribution in [-0.2, 0) is 9.53 Å². The van der Waals surface area contributed by atoms with Crippen molar-refractivity contribution in [1.29, 1.82) is 0 Å². The molecule has 11 nitrogen and oxygen atoms in total. The number of amides is 1. The first-order chi connectivity index (χ1) is 11.0.